The highest BCUT2D eigenvalue weighted by atomic mass is 32.2. The van der Waals surface area contributed by atoms with Gasteiger partial charge < -0.3 is 4.57 Å². The molecule has 2 aromatic carbocycles. The fourth-order valence-electron chi connectivity index (χ4n) is 3.13. The lowest BCUT2D eigenvalue weighted by Crippen LogP contribution is -2.35. The SMILES string of the molecule is CCCn1c(NC(=O)CN(C)S(=O)(=O)c2ccc(C)c(C)c2)nc2ccccc21. The molecule has 3 rings (SSSR count). The van der Waals surface area contributed by atoms with E-state index >= 15 is 0 Å². The predicted molar refractivity (Wildman–Crippen MR) is 114 cm³/mol. The van der Waals surface area contributed by atoms with Crippen LogP contribution in [0.4, 0.5) is 5.95 Å². The highest BCUT2D eigenvalue weighted by Gasteiger charge is 2.24. The molecule has 1 amide bonds. The maximum absolute atomic E-state index is 12.8. The van der Waals surface area contributed by atoms with Gasteiger partial charge in [0, 0.05) is 13.6 Å². The zero-order valence-corrected chi connectivity index (χ0v) is 18.0. The van der Waals surface area contributed by atoms with Crippen molar-refractivity contribution in [2.45, 2.75) is 38.6 Å². The number of amides is 1. The standard InChI is InChI=1S/C21H26N4O3S/c1-5-12-25-19-9-7-6-8-18(19)22-21(25)23-20(26)14-24(4)29(27,28)17-11-10-15(2)16(3)13-17/h6-11,13H,5,12,14H2,1-4H3,(H,22,23,26). The molecule has 0 radical (unpaired) electrons. The van der Waals surface area contributed by atoms with E-state index in [2.05, 4.69) is 10.3 Å². The number of fused-ring (bicyclic) bond motifs is 1. The van der Waals surface area contributed by atoms with Crippen LogP contribution in [-0.4, -0.2) is 41.8 Å². The van der Waals surface area contributed by atoms with Crippen LogP contribution in [0, 0.1) is 13.8 Å². The Morgan fingerprint density at radius 2 is 1.86 bits per heavy atom. The van der Waals surface area contributed by atoms with Gasteiger partial charge in [0.05, 0.1) is 22.5 Å². The van der Waals surface area contributed by atoms with Crippen LogP contribution >= 0.6 is 0 Å². The summed E-state index contributed by atoms with van der Waals surface area (Å²) in [6, 6.07) is 12.6. The van der Waals surface area contributed by atoms with E-state index in [0.717, 1.165) is 32.9 Å². The number of benzene rings is 2. The van der Waals surface area contributed by atoms with Crippen LogP contribution in [0.2, 0.25) is 0 Å². The largest absolute Gasteiger partial charge is 0.310 e. The van der Waals surface area contributed by atoms with Gasteiger partial charge in [-0.1, -0.05) is 25.1 Å². The fraction of sp³-hybridized carbons (Fsp3) is 0.333. The monoisotopic (exact) mass is 414 g/mol. The van der Waals surface area contributed by atoms with Gasteiger partial charge >= 0.3 is 0 Å². The molecular weight excluding hydrogens is 388 g/mol. The summed E-state index contributed by atoms with van der Waals surface area (Å²) >= 11 is 0. The second kappa shape index (κ2) is 8.34. The number of aromatic nitrogens is 2. The minimum Gasteiger partial charge on any atom is -0.310 e. The van der Waals surface area contributed by atoms with Gasteiger partial charge in [0.15, 0.2) is 0 Å². The van der Waals surface area contributed by atoms with E-state index in [1.54, 1.807) is 18.2 Å². The minimum atomic E-state index is -3.77. The van der Waals surface area contributed by atoms with Crippen molar-refractivity contribution in [2.75, 3.05) is 18.9 Å². The summed E-state index contributed by atoms with van der Waals surface area (Å²) < 4.78 is 28.6. The van der Waals surface area contributed by atoms with Crippen molar-refractivity contribution < 1.29 is 13.2 Å². The number of hydrogen-bond donors (Lipinski definition) is 1. The van der Waals surface area contributed by atoms with Crippen molar-refractivity contribution in [3.63, 3.8) is 0 Å². The highest BCUT2D eigenvalue weighted by molar-refractivity contribution is 7.89. The summed E-state index contributed by atoms with van der Waals surface area (Å²) in [7, 11) is -2.36. The molecule has 0 saturated carbocycles. The Balaban J connectivity index is 1.79. The number of para-hydroxylation sites is 2. The quantitative estimate of drug-likeness (QED) is 0.643. The maximum atomic E-state index is 12.8. The molecule has 29 heavy (non-hydrogen) atoms. The Bertz CT molecular complexity index is 1150. The first-order valence-corrected chi connectivity index (χ1v) is 11.0. The number of hydrogen-bond acceptors (Lipinski definition) is 4. The van der Waals surface area contributed by atoms with Gasteiger partial charge in [-0.3, -0.25) is 10.1 Å². The Hall–Kier alpha value is -2.71. The van der Waals surface area contributed by atoms with Crippen LogP contribution in [0.5, 0.6) is 0 Å². The van der Waals surface area contributed by atoms with Crippen LogP contribution in [-0.2, 0) is 21.4 Å². The predicted octanol–water partition coefficient (Wildman–Crippen LogP) is 3.32. The first-order chi connectivity index (χ1) is 13.7. The zero-order valence-electron chi connectivity index (χ0n) is 17.1. The van der Waals surface area contributed by atoms with Gasteiger partial charge in [0.1, 0.15) is 0 Å². The van der Waals surface area contributed by atoms with E-state index < -0.39 is 15.9 Å². The Kier molecular flexibility index (Phi) is 6.04. The molecular formula is C21H26N4O3S. The van der Waals surface area contributed by atoms with Crippen molar-refractivity contribution in [3.8, 4) is 0 Å². The first-order valence-electron chi connectivity index (χ1n) is 9.52. The van der Waals surface area contributed by atoms with Crippen molar-refractivity contribution >= 4 is 32.9 Å². The molecule has 0 saturated heterocycles. The lowest BCUT2D eigenvalue weighted by molar-refractivity contribution is -0.116. The molecule has 1 aromatic heterocycles. The lowest BCUT2D eigenvalue weighted by atomic mass is 10.1. The van der Waals surface area contributed by atoms with Gasteiger partial charge in [0.2, 0.25) is 21.9 Å². The molecule has 0 aliphatic heterocycles. The molecule has 0 spiro atoms. The van der Waals surface area contributed by atoms with Crippen LogP contribution in [0.15, 0.2) is 47.4 Å². The van der Waals surface area contributed by atoms with E-state index in [4.69, 9.17) is 0 Å². The maximum Gasteiger partial charge on any atom is 0.243 e. The Labute approximate surface area is 171 Å². The number of aryl methyl sites for hydroxylation is 3. The molecule has 154 valence electrons. The number of anilines is 1. The number of carbonyl (C=O) groups is 1. The normalized spacial score (nSPS) is 11.9. The van der Waals surface area contributed by atoms with Gasteiger partial charge in [-0.25, -0.2) is 13.4 Å². The van der Waals surface area contributed by atoms with Crippen LogP contribution < -0.4 is 5.32 Å². The minimum absolute atomic E-state index is 0.175. The number of carbonyl (C=O) groups excluding carboxylic acids is 1. The summed E-state index contributed by atoms with van der Waals surface area (Å²) in [6.45, 7) is 6.23. The summed E-state index contributed by atoms with van der Waals surface area (Å²) in [5.74, 6) is -0.0115. The zero-order chi connectivity index (χ0) is 21.2. The molecule has 3 aromatic rings. The molecule has 0 aliphatic carbocycles. The third-order valence-electron chi connectivity index (χ3n) is 4.91. The second-order valence-electron chi connectivity index (χ2n) is 7.13. The molecule has 0 bridgehead atoms. The third-order valence-corrected chi connectivity index (χ3v) is 6.71. The van der Waals surface area contributed by atoms with Gasteiger partial charge in [-0.2, -0.15) is 4.31 Å². The number of sulfonamides is 1. The first kappa shape index (κ1) is 21.0. The summed E-state index contributed by atoms with van der Waals surface area (Å²) in [5.41, 5.74) is 3.62. The van der Waals surface area contributed by atoms with Crippen molar-refractivity contribution in [1.82, 2.24) is 13.9 Å². The number of nitrogens with one attached hydrogen (secondary N) is 1. The molecule has 0 aliphatic rings. The lowest BCUT2D eigenvalue weighted by Gasteiger charge is -2.17. The number of imidazole rings is 1. The van der Waals surface area contributed by atoms with E-state index in [1.165, 1.54) is 7.05 Å². The van der Waals surface area contributed by atoms with Gasteiger partial charge in [-0.15, -0.1) is 0 Å². The van der Waals surface area contributed by atoms with E-state index in [0.29, 0.717) is 12.5 Å². The molecule has 1 N–H and O–H groups in total. The smallest absolute Gasteiger partial charge is 0.243 e. The van der Waals surface area contributed by atoms with Crippen molar-refractivity contribution in [1.29, 1.82) is 0 Å². The van der Waals surface area contributed by atoms with Crippen LogP contribution in [0.1, 0.15) is 24.5 Å². The van der Waals surface area contributed by atoms with E-state index in [-0.39, 0.29) is 11.4 Å². The van der Waals surface area contributed by atoms with Crippen LogP contribution in [0.3, 0.4) is 0 Å². The highest BCUT2D eigenvalue weighted by Crippen LogP contribution is 2.21. The summed E-state index contributed by atoms with van der Waals surface area (Å²) in [6.07, 6.45) is 0.879. The van der Waals surface area contributed by atoms with Crippen LogP contribution in [0.25, 0.3) is 11.0 Å². The average molecular weight is 415 g/mol. The number of nitrogens with zero attached hydrogens (tertiary/aromatic N) is 3. The molecule has 7 nitrogen and oxygen atoms in total. The number of rotatable bonds is 7. The average Bonchev–Trinajstić information content (AvgIpc) is 3.01. The van der Waals surface area contributed by atoms with Crippen molar-refractivity contribution in [3.05, 3.63) is 53.6 Å². The molecule has 0 atom stereocenters. The molecule has 8 heteroatoms. The second-order valence-corrected chi connectivity index (χ2v) is 9.18. The molecule has 1 heterocycles. The van der Waals surface area contributed by atoms with E-state index in [1.807, 2.05) is 49.6 Å². The van der Waals surface area contributed by atoms with Crippen molar-refractivity contribution in [2.24, 2.45) is 0 Å². The summed E-state index contributed by atoms with van der Waals surface area (Å²) in [4.78, 5) is 17.2. The number of likely N-dealkylation sites (N-methyl/N-ethyl adjacent to an activating group) is 1. The fourth-order valence-corrected chi connectivity index (χ4v) is 4.34. The Morgan fingerprint density at radius 3 is 2.55 bits per heavy atom. The molecule has 0 fully saturated rings. The van der Waals surface area contributed by atoms with Gasteiger partial charge in [-0.05, 0) is 55.7 Å². The van der Waals surface area contributed by atoms with Gasteiger partial charge in [0.25, 0.3) is 0 Å². The topological polar surface area (TPSA) is 84.3 Å². The van der Waals surface area contributed by atoms with E-state index in [9.17, 15) is 13.2 Å². The third kappa shape index (κ3) is 4.33. The molecule has 0 unspecified atom stereocenters. The Morgan fingerprint density at radius 1 is 1.14 bits per heavy atom. The summed E-state index contributed by atoms with van der Waals surface area (Å²) in [5, 5.41) is 2.77.